The van der Waals surface area contributed by atoms with Crippen molar-refractivity contribution in [1.29, 1.82) is 0 Å². The minimum atomic E-state index is -0.798. The lowest BCUT2D eigenvalue weighted by molar-refractivity contribution is 0.241. The third kappa shape index (κ3) is 3.68. The van der Waals surface area contributed by atoms with Crippen LogP contribution in [0.4, 0.5) is 8.78 Å². The first-order valence-corrected chi connectivity index (χ1v) is 9.14. The number of rotatable bonds is 4. The lowest BCUT2D eigenvalue weighted by atomic mass is 9.73. The van der Waals surface area contributed by atoms with Crippen LogP contribution in [0.15, 0.2) is 42.5 Å². The summed E-state index contributed by atoms with van der Waals surface area (Å²) in [5.41, 5.74) is 3.04. The molecule has 1 atom stereocenters. The molecule has 0 saturated heterocycles. The Labute approximate surface area is 143 Å². The van der Waals surface area contributed by atoms with Crippen LogP contribution in [0, 0.1) is 23.5 Å². The third-order valence-electron chi connectivity index (χ3n) is 5.86. The van der Waals surface area contributed by atoms with Crippen LogP contribution in [0.1, 0.15) is 57.4 Å². The topological polar surface area (TPSA) is 0 Å². The molecule has 0 radical (unpaired) electrons. The molecule has 1 unspecified atom stereocenters. The molecule has 2 aromatic rings. The standard InChI is InChI=1S/C22H26F2/c1-3-15(2)16-4-6-17(7-5-16)18-8-10-19(11-9-18)20-12-13-21(23)22(24)14-20/h8-17H,3-7H2,1-2H3. The Bertz CT molecular complexity index is 667. The van der Waals surface area contributed by atoms with Crippen LogP contribution in [0.3, 0.4) is 0 Å². The van der Waals surface area contributed by atoms with Crippen LogP contribution >= 0.6 is 0 Å². The quantitative estimate of drug-likeness (QED) is 0.569. The van der Waals surface area contributed by atoms with Gasteiger partial charge >= 0.3 is 0 Å². The summed E-state index contributed by atoms with van der Waals surface area (Å²) in [6.07, 6.45) is 6.45. The van der Waals surface area contributed by atoms with Crippen molar-refractivity contribution in [2.75, 3.05) is 0 Å². The van der Waals surface area contributed by atoms with E-state index in [1.807, 2.05) is 12.1 Å². The smallest absolute Gasteiger partial charge is 0.159 e. The monoisotopic (exact) mass is 328 g/mol. The van der Waals surface area contributed by atoms with Crippen LogP contribution in [0.2, 0.25) is 0 Å². The normalized spacial score (nSPS) is 22.3. The van der Waals surface area contributed by atoms with E-state index < -0.39 is 11.6 Å². The fourth-order valence-corrected chi connectivity index (χ4v) is 3.98. The summed E-state index contributed by atoms with van der Waals surface area (Å²) in [6, 6.07) is 12.5. The number of halogens is 2. The Balaban J connectivity index is 1.68. The Hall–Kier alpha value is -1.70. The van der Waals surface area contributed by atoms with E-state index in [0.29, 0.717) is 5.92 Å². The predicted octanol–water partition coefficient (Wildman–Crippen LogP) is 6.95. The van der Waals surface area contributed by atoms with Crippen molar-refractivity contribution in [1.82, 2.24) is 0 Å². The van der Waals surface area contributed by atoms with Gasteiger partial charge in [0.15, 0.2) is 11.6 Å². The lowest BCUT2D eigenvalue weighted by Crippen LogP contribution is -2.18. The molecule has 0 nitrogen and oxygen atoms in total. The average Bonchev–Trinajstić information content (AvgIpc) is 2.63. The maximum Gasteiger partial charge on any atom is 0.159 e. The lowest BCUT2D eigenvalue weighted by Gasteiger charge is -2.32. The van der Waals surface area contributed by atoms with E-state index in [-0.39, 0.29) is 0 Å². The third-order valence-corrected chi connectivity index (χ3v) is 5.86. The summed E-state index contributed by atoms with van der Waals surface area (Å²) in [4.78, 5) is 0. The number of hydrogen-bond donors (Lipinski definition) is 0. The summed E-state index contributed by atoms with van der Waals surface area (Å²) in [7, 11) is 0. The summed E-state index contributed by atoms with van der Waals surface area (Å²) in [6.45, 7) is 4.66. The highest BCUT2D eigenvalue weighted by atomic mass is 19.2. The Kier molecular flexibility index (Phi) is 5.33. The van der Waals surface area contributed by atoms with Gasteiger partial charge in [-0.1, -0.05) is 50.6 Å². The summed E-state index contributed by atoms with van der Waals surface area (Å²) in [5.74, 6) is 0.770. The number of hydrogen-bond acceptors (Lipinski definition) is 0. The second kappa shape index (κ2) is 7.46. The van der Waals surface area contributed by atoms with E-state index in [0.717, 1.165) is 23.0 Å². The SMILES string of the molecule is CCC(C)C1CCC(c2ccc(-c3ccc(F)c(F)c3)cc2)CC1. The maximum absolute atomic E-state index is 13.4. The van der Waals surface area contributed by atoms with Crippen molar-refractivity contribution in [2.45, 2.75) is 51.9 Å². The highest BCUT2D eigenvalue weighted by Crippen LogP contribution is 2.39. The van der Waals surface area contributed by atoms with Gasteiger partial charge in [-0.25, -0.2) is 8.78 Å². The zero-order valence-corrected chi connectivity index (χ0v) is 14.6. The molecule has 1 saturated carbocycles. The predicted molar refractivity (Wildman–Crippen MR) is 95.9 cm³/mol. The minimum absolute atomic E-state index is 0.643. The van der Waals surface area contributed by atoms with Crippen molar-refractivity contribution in [3.8, 4) is 11.1 Å². The summed E-state index contributed by atoms with van der Waals surface area (Å²) in [5, 5.41) is 0. The largest absolute Gasteiger partial charge is 0.204 e. The van der Waals surface area contributed by atoms with Gasteiger partial charge in [0.05, 0.1) is 0 Å². The van der Waals surface area contributed by atoms with Gasteiger partial charge in [0, 0.05) is 0 Å². The van der Waals surface area contributed by atoms with Gasteiger partial charge in [-0.2, -0.15) is 0 Å². The molecule has 0 spiro atoms. The van der Waals surface area contributed by atoms with Crippen LogP contribution < -0.4 is 0 Å². The van der Waals surface area contributed by atoms with E-state index in [9.17, 15) is 8.78 Å². The summed E-state index contributed by atoms with van der Waals surface area (Å²) < 4.78 is 26.5. The van der Waals surface area contributed by atoms with Crippen LogP contribution in [-0.2, 0) is 0 Å². The highest BCUT2D eigenvalue weighted by Gasteiger charge is 2.25. The van der Waals surface area contributed by atoms with Crippen molar-refractivity contribution >= 4 is 0 Å². The molecule has 2 heteroatoms. The second-order valence-corrected chi connectivity index (χ2v) is 7.25. The molecule has 3 rings (SSSR count). The first-order chi connectivity index (χ1) is 11.6. The summed E-state index contributed by atoms with van der Waals surface area (Å²) >= 11 is 0. The van der Waals surface area contributed by atoms with Gasteiger partial charge in [0.2, 0.25) is 0 Å². The fraction of sp³-hybridized carbons (Fsp3) is 0.455. The van der Waals surface area contributed by atoms with E-state index >= 15 is 0 Å². The maximum atomic E-state index is 13.4. The first kappa shape index (κ1) is 17.1. The van der Waals surface area contributed by atoms with Gasteiger partial charge in [0.25, 0.3) is 0 Å². The van der Waals surface area contributed by atoms with E-state index in [4.69, 9.17) is 0 Å². The molecule has 0 heterocycles. The van der Waals surface area contributed by atoms with Crippen molar-refractivity contribution in [2.24, 2.45) is 11.8 Å². The van der Waals surface area contributed by atoms with E-state index in [2.05, 4.69) is 26.0 Å². The van der Waals surface area contributed by atoms with E-state index in [1.165, 1.54) is 49.8 Å². The van der Waals surface area contributed by atoms with Gasteiger partial charge in [0.1, 0.15) is 0 Å². The Morgan fingerprint density at radius 2 is 1.50 bits per heavy atom. The average molecular weight is 328 g/mol. The molecule has 0 aromatic heterocycles. The first-order valence-electron chi connectivity index (χ1n) is 9.14. The second-order valence-electron chi connectivity index (χ2n) is 7.25. The van der Waals surface area contributed by atoms with Crippen molar-refractivity contribution in [3.63, 3.8) is 0 Å². The molecule has 0 N–H and O–H groups in total. The molecule has 128 valence electrons. The molecule has 0 bridgehead atoms. The van der Waals surface area contributed by atoms with E-state index in [1.54, 1.807) is 6.07 Å². The minimum Gasteiger partial charge on any atom is -0.204 e. The number of benzene rings is 2. The van der Waals surface area contributed by atoms with Crippen molar-refractivity contribution in [3.05, 3.63) is 59.7 Å². The molecule has 24 heavy (non-hydrogen) atoms. The molecule has 1 fully saturated rings. The molecule has 1 aliphatic carbocycles. The Morgan fingerprint density at radius 1 is 0.875 bits per heavy atom. The van der Waals surface area contributed by atoms with Gasteiger partial charge in [-0.3, -0.25) is 0 Å². The fourth-order valence-electron chi connectivity index (χ4n) is 3.98. The van der Waals surface area contributed by atoms with Crippen LogP contribution in [0.5, 0.6) is 0 Å². The highest BCUT2D eigenvalue weighted by molar-refractivity contribution is 5.63. The molecule has 2 aromatic carbocycles. The molecule has 0 aliphatic heterocycles. The molecular formula is C22H26F2. The van der Waals surface area contributed by atoms with Gasteiger partial charge in [-0.15, -0.1) is 0 Å². The van der Waals surface area contributed by atoms with Gasteiger partial charge < -0.3 is 0 Å². The van der Waals surface area contributed by atoms with Crippen molar-refractivity contribution < 1.29 is 8.78 Å². The Morgan fingerprint density at radius 3 is 2.08 bits per heavy atom. The molecule has 1 aliphatic rings. The molecular weight excluding hydrogens is 302 g/mol. The van der Waals surface area contributed by atoms with Gasteiger partial charge in [-0.05, 0) is 72.3 Å². The molecule has 0 amide bonds. The zero-order valence-electron chi connectivity index (χ0n) is 14.6. The zero-order chi connectivity index (χ0) is 17.1. The van der Waals surface area contributed by atoms with Crippen LogP contribution in [0.25, 0.3) is 11.1 Å². The van der Waals surface area contributed by atoms with Crippen LogP contribution in [-0.4, -0.2) is 0 Å².